The quantitative estimate of drug-likeness (QED) is 0.734. The molecule has 1 fully saturated rings. The number of aromatic nitrogens is 4. The van der Waals surface area contributed by atoms with Crippen LogP contribution in [0.4, 0.5) is 4.39 Å². The molecule has 136 valence electrons. The maximum absolute atomic E-state index is 13.2. The average molecular weight is 357 g/mol. The number of carbonyl (C=O) groups is 1. The van der Waals surface area contributed by atoms with E-state index >= 15 is 0 Å². The lowest BCUT2D eigenvalue weighted by Crippen LogP contribution is -2.41. The van der Waals surface area contributed by atoms with Crippen LogP contribution in [0.2, 0.25) is 0 Å². The molecular weight excluding hydrogens is 337 g/mol. The molecule has 7 nitrogen and oxygen atoms in total. The van der Waals surface area contributed by atoms with Crippen molar-refractivity contribution in [2.24, 2.45) is 0 Å². The number of nitrogens with zero attached hydrogens (tertiary/aromatic N) is 3. The van der Waals surface area contributed by atoms with Crippen LogP contribution >= 0.6 is 0 Å². The fourth-order valence-corrected chi connectivity index (χ4v) is 3.38. The van der Waals surface area contributed by atoms with Gasteiger partial charge in [0.2, 0.25) is 5.91 Å². The van der Waals surface area contributed by atoms with Crippen molar-refractivity contribution in [2.75, 3.05) is 19.7 Å². The molecule has 1 aliphatic rings. The van der Waals surface area contributed by atoms with Gasteiger partial charge in [-0.3, -0.25) is 9.89 Å². The number of carbonyl (C=O) groups excluding carboxylic acids is 1. The molecule has 1 atom stereocenters. The van der Waals surface area contributed by atoms with Crippen molar-refractivity contribution in [1.82, 2.24) is 25.1 Å². The number of piperidine rings is 1. The summed E-state index contributed by atoms with van der Waals surface area (Å²) in [7, 11) is 0. The second kappa shape index (κ2) is 7.25. The van der Waals surface area contributed by atoms with Crippen LogP contribution in [0.1, 0.15) is 30.3 Å². The smallest absolute Gasteiger partial charge is 0.248 e. The van der Waals surface area contributed by atoms with Crippen LogP contribution in [0.3, 0.4) is 0 Å². The van der Waals surface area contributed by atoms with Gasteiger partial charge in [-0.25, -0.2) is 9.37 Å². The maximum atomic E-state index is 13.2. The summed E-state index contributed by atoms with van der Waals surface area (Å²) in [5, 5.41) is 6.98. The van der Waals surface area contributed by atoms with Gasteiger partial charge in [0, 0.05) is 30.9 Å². The number of hydrogen-bond acceptors (Lipinski definition) is 4. The molecule has 3 aromatic rings. The van der Waals surface area contributed by atoms with Crippen LogP contribution in [0.25, 0.3) is 11.0 Å². The normalized spacial score (nSPS) is 17.7. The third kappa shape index (κ3) is 3.60. The zero-order valence-electron chi connectivity index (χ0n) is 14.2. The van der Waals surface area contributed by atoms with Gasteiger partial charge in [0.05, 0.1) is 11.0 Å². The first-order valence-electron chi connectivity index (χ1n) is 8.68. The molecule has 1 aliphatic heterocycles. The maximum Gasteiger partial charge on any atom is 0.248 e. The number of H-pyrrole nitrogens is 2. The van der Waals surface area contributed by atoms with E-state index in [0.717, 1.165) is 25.1 Å². The SMILES string of the molecule is O=C(COCc1nc2ccc(F)cc2[nH]1)N1CCC[C@@H](c2ccn[nH]2)C1. The van der Waals surface area contributed by atoms with Crippen molar-refractivity contribution in [2.45, 2.75) is 25.4 Å². The molecule has 2 N–H and O–H groups in total. The second-order valence-electron chi connectivity index (χ2n) is 6.53. The highest BCUT2D eigenvalue weighted by Gasteiger charge is 2.25. The Bertz CT molecular complexity index is 892. The standard InChI is InChI=1S/C18H20FN5O2/c19-13-3-4-15-16(8-13)22-17(21-15)10-26-11-18(25)24-7-1-2-12(9-24)14-5-6-20-23-14/h3-6,8,12H,1-2,7,9-11H2,(H,20,23)(H,21,22)/t12-/m1/s1. The summed E-state index contributed by atoms with van der Waals surface area (Å²) in [5.41, 5.74) is 2.36. The average Bonchev–Trinajstić information content (AvgIpc) is 3.31. The third-order valence-corrected chi connectivity index (χ3v) is 4.69. The van der Waals surface area contributed by atoms with Crippen molar-refractivity contribution < 1.29 is 13.9 Å². The number of rotatable bonds is 5. The van der Waals surface area contributed by atoms with Crippen molar-refractivity contribution in [1.29, 1.82) is 0 Å². The molecule has 1 amide bonds. The lowest BCUT2D eigenvalue weighted by Gasteiger charge is -2.32. The highest BCUT2D eigenvalue weighted by molar-refractivity contribution is 5.77. The Kier molecular flexibility index (Phi) is 4.66. The van der Waals surface area contributed by atoms with Gasteiger partial charge in [-0.05, 0) is 37.1 Å². The molecule has 0 aliphatic carbocycles. The molecule has 1 aromatic carbocycles. The Labute approximate surface area is 149 Å². The zero-order valence-corrected chi connectivity index (χ0v) is 14.2. The van der Waals surface area contributed by atoms with E-state index in [1.165, 1.54) is 12.1 Å². The Morgan fingerprint density at radius 1 is 1.38 bits per heavy atom. The Hall–Kier alpha value is -2.74. The van der Waals surface area contributed by atoms with Gasteiger partial charge in [0.15, 0.2) is 0 Å². The van der Waals surface area contributed by atoms with E-state index < -0.39 is 0 Å². The van der Waals surface area contributed by atoms with Crippen molar-refractivity contribution in [3.05, 3.63) is 47.8 Å². The number of nitrogens with one attached hydrogen (secondary N) is 2. The van der Waals surface area contributed by atoms with Crippen molar-refractivity contribution in [3.8, 4) is 0 Å². The van der Waals surface area contributed by atoms with Gasteiger partial charge < -0.3 is 14.6 Å². The molecule has 2 aromatic heterocycles. The number of aromatic amines is 2. The second-order valence-corrected chi connectivity index (χ2v) is 6.53. The zero-order chi connectivity index (χ0) is 17.9. The Morgan fingerprint density at radius 3 is 3.15 bits per heavy atom. The van der Waals surface area contributed by atoms with E-state index in [1.807, 2.05) is 11.0 Å². The monoisotopic (exact) mass is 357 g/mol. The fourth-order valence-electron chi connectivity index (χ4n) is 3.38. The molecule has 1 saturated heterocycles. The predicted molar refractivity (Wildman–Crippen MR) is 92.9 cm³/mol. The Balaban J connectivity index is 1.30. The minimum Gasteiger partial charge on any atom is -0.364 e. The fraction of sp³-hybridized carbons (Fsp3) is 0.389. The number of halogens is 1. The number of amides is 1. The van der Waals surface area contributed by atoms with Crippen LogP contribution in [0.5, 0.6) is 0 Å². The number of likely N-dealkylation sites (tertiary alicyclic amines) is 1. The molecule has 0 unspecified atom stereocenters. The molecule has 0 radical (unpaired) electrons. The van der Waals surface area contributed by atoms with E-state index in [1.54, 1.807) is 12.3 Å². The molecule has 26 heavy (non-hydrogen) atoms. The van der Waals surface area contributed by atoms with Crippen LogP contribution < -0.4 is 0 Å². The number of benzene rings is 1. The third-order valence-electron chi connectivity index (χ3n) is 4.69. The summed E-state index contributed by atoms with van der Waals surface area (Å²) in [6.07, 6.45) is 3.74. The molecular formula is C18H20FN5O2. The highest BCUT2D eigenvalue weighted by Crippen LogP contribution is 2.25. The number of fused-ring (bicyclic) bond motifs is 1. The Morgan fingerprint density at radius 2 is 2.31 bits per heavy atom. The number of hydrogen-bond donors (Lipinski definition) is 2. The molecule has 4 rings (SSSR count). The van der Waals surface area contributed by atoms with Crippen LogP contribution in [-0.4, -0.2) is 50.7 Å². The largest absolute Gasteiger partial charge is 0.364 e. The first-order valence-corrected chi connectivity index (χ1v) is 8.68. The highest BCUT2D eigenvalue weighted by atomic mass is 19.1. The van der Waals surface area contributed by atoms with E-state index in [2.05, 4.69) is 20.2 Å². The summed E-state index contributed by atoms with van der Waals surface area (Å²) < 4.78 is 18.7. The summed E-state index contributed by atoms with van der Waals surface area (Å²) in [6.45, 7) is 1.60. The van der Waals surface area contributed by atoms with Gasteiger partial charge >= 0.3 is 0 Å². The molecule has 0 saturated carbocycles. The van der Waals surface area contributed by atoms with Crippen LogP contribution in [0, 0.1) is 5.82 Å². The first kappa shape index (κ1) is 16.7. The van der Waals surface area contributed by atoms with E-state index in [-0.39, 0.29) is 24.9 Å². The minimum atomic E-state index is -0.319. The van der Waals surface area contributed by atoms with Gasteiger partial charge in [-0.2, -0.15) is 5.10 Å². The van der Waals surface area contributed by atoms with E-state index in [4.69, 9.17) is 4.74 Å². The first-order chi connectivity index (χ1) is 12.7. The molecule has 0 bridgehead atoms. The lowest BCUT2D eigenvalue weighted by molar-refractivity contribution is -0.137. The summed E-state index contributed by atoms with van der Waals surface area (Å²) in [4.78, 5) is 21.6. The molecule has 3 heterocycles. The van der Waals surface area contributed by atoms with Crippen LogP contribution in [-0.2, 0) is 16.1 Å². The summed E-state index contributed by atoms with van der Waals surface area (Å²) >= 11 is 0. The summed E-state index contributed by atoms with van der Waals surface area (Å²) in [6, 6.07) is 6.32. The summed E-state index contributed by atoms with van der Waals surface area (Å²) in [5.74, 6) is 0.518. The van der Waals surface area contributed by atoms with E-state index in [9.17, 15) is 9.18 Å². The molecule has 0 spiro atoms. The topological polar surface area (TPSA) is 86.9 Å². The van der Waals surface area contributed by atoms with Crippen molar-refractivity contribution in [3.63, 3.8) is 0 Å². The molecule has 8 heteroatoms. The van der Waals surface area contributed by atoms with Crippen LogP contribution in [0.15, 0.2) is 30.5 Å². The lowest BCUT2D eigenvalue weighted by atomic mass is 9.95. The van der Waals surface area contributed by atoms with Gasteiger partial charge in [0.1, 0.15) is 24.9 Å². The van der Waals surface area contributed by atoms with Gasteiger partial charge in [-0.15, -0.1) is 0 Å². The number of ether oxygens (including phenoxy) is 1. The van der Waals surface area contributed by atoms with Gasteiger partial charge in [0.25, 0.3) is 0 Å². The predicted octanol–water partition coefficient (Wildman–Crippen LogP) is 2.35. The van der Waals surface area contributed by atoms with E-state index in [0.29, 0.717) is 29.3 Å². The van der Waals surface area contributed by atoms with Crippen molar-refractivity contribution >= 4 is 16.9 Å². The number of imidazole rings is 1. The van der Waals surface area contributed by atoms with Gasteiger partial charge in [-0.1, -0.05) is 0 Å². The minimum absolute atomic E-state index is 0.00109.